The summed E-state index contributed by atoms with van der Waals surface area (Å²) in [5.74, 6) is 1.62. The molecule has 0 atom stereocenters. The van der Waals surface area contributed by atoms with E-state index < -0.39 is 6.61 Å². The summed E-state index contributed by atoms with van der Waals surface area (Å²) in [6, 6.07) is 20.0. The lowest BCUT2D eigenvalue weighted by Crippen LogP contribution is -2.25. The first kappa shape index (κ1) is 19.6. The number of furan rings is 1. The molecule has 146 valence electrons. The Labute approximate surface area is 162 Å². The third-order valence-corrected chi connectivity index (χ3v) is 4.20. The van der Waals surface area contributed by atoms with Gasteiger partial charge in [0, 0.05) is 24.9 Å². The molecule has 1 aromatic heterocycles. The number of nitrogens with one attached hydrogen (secondary N) is 1. The number of aryl methyl sites for hydroxylation is 1. The van der Waals surface area contributed by atoms with Crippen LogP contribution in [0.4, 0.5) is 8.78 Å². The van der Waals surface area contributed by atoms with E-state index in [0.29, 0.717) is 25.8 Å². The Morgan fingerprint density at radius 2 is 1.71 bits per heavy atom. The van der Waals surface area contributed by atoms with Crippen molar-refractivity contribution in [1.29, 1.82) is 0 Å². The fourth-order valence-corrected chi connectivity index (χ4v) is 2.78. The summed E-state index contributed by atoms with van der Waals surface area (Å²) >= 11 is 0. The Hall–Kier alpha value is -3.15. The van der Waals surface area contributed by atoms with Crippen LogP contribution >= 0.6 is 0 Å². The van der Waals surface area contributed by atoms with Gasteiger partial charge in [-0.2, -0.15) is 8.78 Å². The topological polar surface area (TPSA) is 51.5 Å². The van der Waals surface area contributed by atoms with Gasteiger partial charge in [-0.05, 0) is 36.2 Å². The number of hydrogen-bond donors (Lipinski definition) is 1. The van der Waals surface area contributed by atoms with E-state index in [1.807, 2.05) is 42.5 Å². The molecular weight excluding hydrogens is 364 g/mol. The van der Waals surface area contributed by atoms with Crippen LogP contribution in [0, 0.1) is 0 Å². The second-order valence-electron chi connectivity index (χ2n) is 6.25. The second kappa shape index (κ2) is 9.69. The molecule has 3 rings (SSSR count). The summed E-state index contributed by atoms with van der Waals surface area (Å²) in [4.78, 5) is 12.0. The summed E-state index contributed by atoms with van der Waals surface area (Å²) in [6.07, 6.45) is 1.47. The van der Waals surface area contributed by atoms with Crippen molar-refractivity contribution in [2.45, 2.75) is 25.9 Å². The van der Waals surface area contributed by atoms with Crippen molar-refractivity contribution < 1.29 is 22.7 Å². The maximum absolute atomic E-state index is 12.1. The molecule has 28 heavy (non-hydrogen) atoms. The highest BCUT2D eigenvalue weighted by molar-refractivity contribution is 5.76. The van der Waals surface area contributed by atoms with Gasteiger partial charge in [-0.25, -0.2) is 0 Å². The van der Waals surface area contributed by atoms with E-state index in [-0.39, 0.29) is 11.7 Å². The van der Waals surface area contributed by atoms with Crippen LogP contribution < -0.4 is 10.1 Å². The van der Waals surface area contributed by atoms with Crippen molar-refractivity contribution in [1.82, 2.24) is 5.32 Å². The van der Waals surface area contributed by atoms with Crippen LogP contribution in [0.2, 0.25) is 0 Å². The summed E-state index contributed by atoms with van der Waals surface area (Å²) in [6.45, 7) is -2.36. The first-order valence-corrected chi connectivity index (χ1v) is 9.05. The van der Waals surface area contributed by atoms with Gasteiger partial charge >= 0.3 is 6.61 Å². The summed E-state index contributed by atoms with van der Waals surface area (Å²) in [7, 11) is 0. The average Bonchev–Trinajstić information content (AvgIpc) is 3.17. The van der Waals surface area contributed by atoms with Crippen molar-refractivity contribution in [3.8, 4) is 17.1 Å². The van der Waals surface area contributed by atoms with E-state index in [0.717, 1.165) is 22.6 Å². The number of carbonyl (C=O) groups excluding carboxylic acids is 1. The Balaban J connectivity index is 1.38. The molecule has 3 aromatic rings. The van der Waals surface area contributed by atoms with Gasteiger partial charge < -0.3 is 14.5 Å². The van der Waals surface area contributed by atoms with Gasteiger partial charge in [0.2, 0.25) is 5.91 Å². The molecule has 4 nitrogen and oxygen atoms in total. The SMILES string of the molecule is O=C(CCc1ccc(-c2ccccc2)o1)NCCc1ccc(OC(F)F)cc1. The van der Waals surface area contributed by atoms with E-state index in [9.17, 15) is 13.6 Å². The highest BCUT2D eigenvalue weighted by Crippen LogP contribution is 2.22. The van der Waals surface area contributed by atoms with E-state index in [2.05, 4.69) is 10.1 Å². The number of hydrogen-bond acceptors (Lipinski definition) is 3. The fraction of sp³-hybridized carbons (Fsp3) is 0.227. The van der Waals surface area contributed by atoms with Crippen LogP contribution in [0.5, 0.6) is 5.75 Å². The van der Waals surface area contributed by atoms with Crippen LogP contribution in [0.25, 0.3) is 11.3 Å². The quantitative estimate of drug-likeness (QED) is 0.573. The molecule has 0 fully saturated rings. The van der Waals surface area contributed by atoms with Crippen LogP contribution in [0.3, 0.4) is 0 Å². The molecule has 1 N–H and O–H groups in total. The molecule has 0 saturated carbocycles. The molecule has 0 saturated heterocycles. The molecule has 0 aliphatic carbocycles. The van der Waals surface area contributed by atoms with Gasteiger partial charge in [-0.1, -0.05) is 42.5 Å². The zero-order valence-electron chi connectivity index (χ0n) is 15.2. The van der Waals surface area contributed by atoms with Crippen LogP contribution in [-0.2, 0) is 17.6 Å². The molecule has 0 aliphatic heterocycles. The van der Waals surface area contributed by atoms with Gasteiger partial charge in [0.25, 0.3) is 0 Å². The minimum Gasteiger partial charge on any atom is -0.461 e. The standard InChI is InChI=1S/C22H21F2NO3/c23-22(24)28-19-8-6-16(7-9-19)14-15-25-21(26)13-11-18-10-12-20(27-18)17-4-2-1-3-5-17/h1-10,12,22H,11,13-15H2,(H,25,26). The van der Waals surface area contributed by atoms with Gasteiger partial charge in [0.15, 0.2) is 0 Å². The molecular formula is C22H21F2NO3. The Bertz CT molecular complexity index is 876. The lowest BCUT2D eigenvalue weighted by Gasteiger charge is -2.07. The minimum atomic E-state index is -2.83. The van der Waals surface area contributed by atoms with Crippen LogP contribution in [0.1, 0.15) is 17.7 Å². The van der Waals surface area contributed by atoms with E-state index in [1.54, 1.807) is 12.1 Å². The van der Waals surface area contributed by atoms with Crippen molar-refractivity contribution in [2.75, 3.05) is 6.54 Å². The predicted octanol–water partition coefficient (Wildman–Crippen LogP) is 4.84. The van der Waals surface area contributed by atoms with Gasteiger partial charge in [-0.3, -0.25) is 4.79 Å². The molecule has 6 heteroatoms. The third-order valence-electron chi connectivity index (χ3n) is 4.20. The summed E-state index contributed by atoms with van der Waals surface area (Å²) < 4.78 is 34.3. The van der Waals surface area contributed by atoms with Crippen molar-refractivity contribution in [2.24, 2.45) is 0 Å². The van der Waals surface area contributed by atoms with Crippen LogP contribution in [-0.4, -0.2) is 19.1 Å². The molecule has 0 aliphatic rings. The number of rotatable bonds is 9. The number of alkyl halides is 2. The average molecular weight is 385 g/mol. The maximum Gasteiger partial charge on any atom is 0.387 e. The number of benzene rings is 2. The largest absolute Gasteiger partial charge is 0.461 e. The first-order valence-electron chi connectivity index (χ1n) is 9.05. The molecule has 0 unspecified atom stereocenters. The van der Waals surface area contributed by atoms with Gasteiger partial charge in [0.1, 0.15) is 17.3 Å². The Morgan fingerprint density at radius 3 is 2.43 bits per heavy atom. The molecule has 1 amide bonds. The van der Waals surface area contributed by atoms with E-state index >= 15 is 0 Å². The lowest BCUT2D eigenvalue weighted by atomic mass is 10.1. The second-order valence-corrected chi connectivity index (χ2v) is 6.25. The highest BCUT2D eigenvalue weighted by Gasteiger charge is 2.08. The highest BCUT2D eigenvalue weighted by atomic mass is 19.3. The normalized spacial score (nSPS) is 10.8. The zero-order valence-corrected chi connectivity index (χ0v) is 15.2. The van der Waals surface area contributed by atoms with E-state index in [1.165, 1.54) is 12.1 Å². The van der Waals surface area contributed by atoms with Gasteiger partial charge in [-0.15, -0.1) is 0 Å². The monoisotopic (exact) mass is 385 g/mol. The van der Waals surface area contributed by atoms with Crippen molar-refractivity contribution in [3.63, 3.8) is 0 Å². The van der Waals surface area contributed by atoms with E-state index in [4.69, 9.17) is 4.42 Å². The van der Waals surface area contributed by atoms with Gasteiger partial charge in [0.05, 0.1) is 0 Å². The number of amides is 1. The lowest BCUT2D eigenvalue weighted by molar-refractivity contribution is -0.121. The summed E-state index contributed by atoms with van der Waals surface area (Å²) in [5.41, 5.74) is 1.93. The maximum atomic E-state index is 12.1. The number of halogens is 2. The molecule has 0 spiro atoms. The molecule has 0 radical (unpaired) electrons. The first-order chi connectivity index (χ1) is 13.6. The fourth-order valence-electron chi connectivity index (χ4n) is 2.78. The minimum absolute atomic E-state index is 0.0599. The third kappa shape index (κ3) is 5.94. The van der Waals surface area contributed by atoms with Crippen LogP contribution in [0.15, 0.2) is 71.1 Å². The number of ether oxygens (including phenoxy) is 1. The molecule has 2 aromatic carbocycles. The smallest absolute Gasteiger partial charge is 0.387 e. The van der Waals surface area contributed by atoms with Crippen molar-refractivity contribution >= 4 is 5.91 Å². The summed E-state index contributed by atoms with van der Waals surface area (Å²) in [5, 5.41) is 2.85. The predicted molar refractivity (Wildman–Crippen MR) is 102 cm³/mol. The Morgan fingerprint density at radius 1 is 0.964 bits per heavy atom. The molecule has 1 heterocycles. The van der Waals surface area contributed by atoms with Crippen molar-refractivity contribution in [3.05, 3.63) is 78.1 Å². The zero-order chi connectivity index (χ0) is 19.8. The Kier molecular flexibility index (Phi) is 6.78. The molecule has 0 bridgehead atoms. The number of carbonyl (C=O) groups is 1.